The normalized spacial score (nSPS) is 10.6. The summed E-state index contributed by atoms with van der Waals surface area (Å²) in [6.45, 7) is 7.23. The zero-order valence-corrected chi connectivity index (χ0v) is 8.22. The van der Waals surface area contributed by atoms with Gasteiger partial charge in [-0.2, -0.15) is 0 Å². The van der Waals surface area contributed by atoms with Crippen LogP contribution in [0.4, 0.5) is 5.82 Å². The van der Waals surface area contributed by atoms with Gasteiger partial charge in [-0.1, -0.05) is 11.3 Å². The first-order valence-corrected chi connectivity index (χ1v) is 4.61. The fraction of sp³-hybridized carbons (Fsp3) is 0.250. The third-order valence-electron chi connectivity index (χ3n) is 1.61. The highest BCUT2D eigenvalue weighted by Crippen LogP contribution is 2.26. The second-order valence-electron chi connectivity index (χ2n) is 2.64. The third-order valence-corrected chi connectivity index (χ3v) is 2.47. The molecule has 0 saturated carbocycles. The van der Waals surface area contributed by atoms with Gasteiger partial charge in [-0.05, 0) is 20.6 Å². The van der Waals surface area contributed by atoms with Crippen molar-refractivity contribution in [3.8, 4) is 0 Å². The van der Waals surface area contributed by atoms with E-state index in [0.29, 0.717) is 11.6 Å². The van der Waals surface area contributed by atoms with Crippen molar-refractivity contribution < 1.29 is 0 Å². The Morgan fingerprint density at radius 2 is 2.00 bits per heavy atom. The van der Waals surface area contributed by atoms with Crippen LogP contribution in [0.3, 0.4) is 0 Å². The maximum atomic E-state index is 4.28. The second kappa shape index (κ2) is 2.85. The molecule has 0 aliphatic rings. The van der Waals surface area contributed by atoms with Crippen molar-refractivity contribution >= 4 is 34.2 Å². The SMILES string of the molecule is C=Nc1nc(C)nc2sc(C)nc12. The molecule has 66 valence electrons. The smallest absolute Gasteiger partial charge is 0.182 e. The summed E-state index contributed by atoms with van der Waals surface area (Å²) < 4.78 is 0. The average molecular weight is 192 g/mol. The van der Waals surface area contributed by atoms with Crippen LogP contribution >= 0.6 is 11.3 Å². The van der Waals surface area contributed by atoms with Crippen LogP contribution < -0.4 is 0 Å². The number of aryl methyl sites for hydroxylation is 2. The summed E-state index contributed by atoms with van der Waals surface area (Å²) in [5.41, 5.74) is 0.753. The standard InChI is InChI=1S/C8H8N4S/c1-4-10-7(9-3)6-8(11-4)13-5(2)12-6/h3H2,1-2H3. The van der Waals surface area contributed by atoms with Gasteiger partial charge in [0, 0.05) is 0 Å². The first kappa shape index (κ1) is 8.25. The van der Waals surface area contributed by atoms with E-state index < -0.39 is 0 Å². The number of nitrogens with zero attached hydrogens (tertiary/aromatic N) is 4. The van der Waals surface area contributed by atoms with Crippen molar-refractivity contribution in [1.82, 2.24) is 15.0 Å². The first-order valence-electron chi connectivity index (χ1n) is 3.79. The van der Waals surface area contributed by atoms with E-state index in [1.54, 1.807) is 11.3 Å². The molecule has 0 saturated heterocycles. The van der Waals surface area contributed by atoms with Crippen molar-refractivity contribution in [3.05, 3.63) is 10.8 Å². The van der Waals surface area contributed by atoms with Gasteiger partial charge in [0.05, 0.1) is 5.01 Å². The molecule has 0 aliphatic carbocycles. The van der Waals surface area contributed by atoms with E-state index in [9.17, 15) is 0 Å². The zero-order chi connectivity index (χ0) is 9.42. The predicted octanol–water partition coefficient (Wildman–Crippen LogP) is 2.04. The van der Waals surface area contributed by atoms with Crippen LogP contribution in [-0.4, -0.2) is 21.7 Å². The molecule has 0 aromatic carbocycles. The van der Waals surface area contributed by atoms with Gasteiger partial charge in [0.15, 0.2) is 5.82 Å². The fourth-order valence-corrected chi connectivity index (χ4v) is 1.95. The van der Waals surface area contributed by atoms with Crippen molar-refractivity contribution in [3.63, 3.8) is 0 Å². The van der Waals surface area contributed by atoms with Crippen molar-refractivity contribution in [2.24, 2.45) is 4.99 Å². The Hall–Kier alpha value is -1.36. The molecule has 0 fully saturated rings. The molecule has 0 unspecified atom stereocenters. The monoisotopic (exact) mass is 192 g/mol. The molecule has 4 nitrogen and oxygen atoms in total. The summed E-state index contributed by atoms with van der Waals surface area (Å²) in [6.07, 6.45) is 0. The van der Waals surface area contributed by atoms with E-state index in [1.807, 2.05) is 13.8 Å². The van der Waals surface area contributed by atoms with Crippen molar-refractivity contribution in [2.45, 2.75) is 13.8 Å². The highest BCUT2D eigenvalue weighted by Gasteiger charge is 2.08. The van der Waals surface area contributed by atoms with Crippen LogP contribution in [0, 0.1) is 13.8 Å². The summed E-state index contributed by atoms with van der Waals surface area (Å²) in [5.74, 6) is 1.28. The van der Waals surface area contributed by atoms with Gasteiger partial charge in [0.2, 0.25) is 0 Å². The van der Waals surface area contributed by atoms with E-state index in [-0.39, 0.29) is 0 Å². The molecular weight excluding hydrogens is 184 g/mol. The molecule has 0 amide bonds. The third kappa shape index (κ3) is 1.31. The van der Waals surface area contributed by atoms with Crippen LogP contribution in [0.2, 0.25) is 0 Å². The summed E-state index contributed by atoms with van der Waals surface area (Å²) in [7, 11) is 0. The molecule has 0 spiro atoms. The molecule has 2 aromatic rings. The van der Waals surface area contributed by atoms with Gasteiger partial charge in [-0.15, -0.1) is 0 Å². The maximum absolute atomic E-state index is 4.28. The quantitative estimate of drug-likeness (QED) is 0.649. The highest BCUT2D eigenvalue weighted by atomic mass is 32.1. The fourth-order valence-electron chi connectivity index (χ4n) is 1.13. The van der Waals surface area contributed by atoms with Gasteiger partial charge in [-0.25, -0.2) is 19.9 Å². The molecule has 0 atom stereocenters. The summed E-state index contributed by atoms with van der Waals surface area (Å²) in [4.78, 5) is 17.4. The molecule has 2 rings (SSSR count). The van der Waals surface area contributed by atoms with E-state index >= 15 is 0 Å². The van der Waals surface area contributed by atoms with E-state index in [1.165, 1.54) is 0 Å². The summed E-state index contributed by atoms with van der Waals surface area (Å²) in [5, 5.41) is 0.972. The maximum Gasteiger partial charge on any atom is 0.182 e. The number of thiazole rings is 1. The lowest BCUT2D eigenvalue weighted by molar-refractivity contribution is 1.08. The van der Waals surface area contributed by atoms with Crippen LogP contribution in [0.1, 0.15) is 10.8 Å². The minimum absolute atomic E-state index is 0.576. The lowest BCUT2D eigenvalue weighted by Gasteiger charge is -1.94. The van der Waals surface area contributed by atoms with Gasteiger partial charge >= 0.3 is 0 Å². The van der Waals surface area contributed by atoms with Gasteiger partial charge in [-0.3, -0.25) is 0 Å². The Morgan fingerprint density at radius 1 is 1.23 bits per heavy atom. The molecule has 0 aliphatic heterocycles. The highest BCUT2D eigenvalue weighted by molar-refractivity contribution is 7.18. The largest absolute Gasteiger partial charge is 0.243 e. The summed E-state index contributed by atoms with van der Waals surface area (Å²) in [6, 6.07) is 0. The Bertz CT molecular complexity index is 474. The Balaban J connectivity index is 2.88. The van der Waals surface area contributed by atoms with Crippen LogP contribution in [0.5, 0.6) is 0 Å². The number of hydrogen-bond acceptors (Lipinski definition) is 5. The second-order valence-corrected chi connectivity index (χ2v) is 3.82. The molecule has 13 heavy (non-hydrogen) atoms. The Kier molecular flexibility index (Phi) is 1.81. The minimum atomic E-state index is 0.576. The van der Waals surface area contributed by atoms with Gasteiger partial charge < -0.3 is 0 Å². The van der Waals surface area contributed by atoms with Crippen LogP contribution in [0.25, 0.3) is 10.3 Å². The number of aromatic nitrogens is 3. The van der Waals surface area contributed by atoms with Gasteiger partial charge in [0.1, 0.15) is 16.2 Å². The molecule has 0 N–H and O–H groups in total. The molecule has 0 bridgehead atoms. The van der Waals surface area contributed by atoms with E-state index in [2.05, 4.69) is 26.7 Å². The van der Waals surface area contributed by atoms with E-state index in [4.69, 9.17) is 0 Å². The number of fused-ring (bicyclic) bond motifs is 1. The molecule has 0 radical (unpaired) electrons. The van der Waals surface area contributed by atoms with Gasteiger partial charge in [0.25, 0.3) is 0 Å². The molecule has 2 aromatic heterocycles. The lowest BCUT2D eigenvalue weighted by atomic mass is 10.5. The molecular formula is C8H8N4S. The Morgan fingerprint density at radius 3 is 2.69 bits per heavy atom. The zero-order valence-electron chi connectivity index (χ0n) is 7.40. The molecule has 2 heterocycles. The van der Waals surface area contributed by atoms with Crippen LogP contribution in [-0.2, 0) is 0 Å². The topological polar surface area (TPSA) is 51.0 Å². The number of hydrogen-bond donors (Lipinski definition) is 0. The lowest BCUT2D eigenvalue weighted by Crippen LogP contribution is -1.86. The van der Waals surface area contributed by atoms with Crippen molar-refractivity contribution in [1.29, 1.82) is 0 Å². The predicted molar refractivity (Wildman–Crippen MR) is 53.9 cm³/mol. The Labute approximate surface area is 79.4 Å². The van der Waals surface area contributed by atoms with Crippen LogP contribution in [0.15, 0.2) is 4.99 Å². The minimum Gasteiger partial charge on any atom is -0.243 e. The first-order chi connectivity index (χ1) is 6.20. The van der Waals surface area contributed by atoms with Crippen molar-refractivity contribution in [2.75, 3.05) is 0 Å². The summed E-state index contributed by atoms with van der Waals surface area (Å²) >= 11 is 1.55. The van der Waals surface area contributed by atoms with E-state index in [0.717, 1.165) is 15.4 Å². The average Bonchev–Trinajstić information content (AvgIpc) is 2.43. The number of rotatable bonds is 1. The number of aliphatic imine (C=N–C) groups is 1. The molecule has 5 heteroatoms.